The molecule has 0 aliphatic heterocycles. The Morgan fingerprint density at radius 1 is 0.474 bits per heavy atom. The van der Waals surface area contributed by atoms with Crippen molar-refractivity contribution < 1.29 is 4.39 Å². The zero-order valence-electron chi connectivity index (χ0n) is 10.2. The van der Waals surface area contributed by atoms with E-state index in [1.54, 1.807) is 6.07 Å². The van der Waals surface area contributed by atoms with Crippen molar-refractivity contribution >= 4 is 32.3 Å². The van der Waals surface area contributed by atoms with E-state index in [-0.39, 0.29) is 5.82 Å². The Bertz CT molecular complexity index is 922. The van der Waals surface area contributed by atoms with Crippen LogP contribution >= 0.6 is 0 Å². The molecule has 4 aromatic rings. The van der Waals surface area contributed by atoms with Gasteiger partial charge in [0.15, 0.2) is 0 Å². The van der Waals surface area contributed by atoms with Gasteiger partial charge in [-0.3, -0.25) is 0 Å². The van der Waals surface area contributed by atoms with E-state index in [9.17, 15) is 4.39 Å². The van der Waals surface area contributed by atoms with Gasteiger partial charge >= 0.3 is 0 Å². The van der Waals surface area contributed by atoms with Crippen molar-refractivity contribution in [3.8, 4) is 0 Å². The van der Waals surface area contributed by atoms with Crippen LogP contribution in [-0.4, -0.2) is 0 Å². The van der Waals surface area contributed by atoms with E-state index in [1.807, 2.05) is 30.3 Å². The lowest BCUT2D eigenvalue weighted by Crippen LogP contribution is -1.83. The van der Waals surface area contributed by atoms with Gasteiger partial charge in [0.05, 0.1) is 0 Å². The third-order valence-corrected chi connectivity index (χ3v) is 3.73. The molecular formula is C18H11F. The average molecular weight is 246 g/mol. The van der Waals surface area contributed by atoms with Gasteiger partial charge in [0.1, 0.15) is 5.82 Å². The zero-order valence-corrected chi connectivity index (χ0v) is 10.2. The summed E-state index contributed by atoms with van der Waals surface area (Å²) in [5.74, 6) is -0.160. The summed E-state index contributed by atoms with van der Waals surface area (Å²) in [6.45, 7) is 0. The van der Waals surface area contributed by atoms with Crippen LogP contribution in [0, 0.1) is 5.82 Å². The van der Waals surface area contributed by atoms with Gasteiger partial charge in [-0.25, -0.2) is 4.39 Å². The summed E-state index contributed by atoms with van der Waals surface area (Å²) in [6.07, 6.45) is 0. The molecule has 0 N–H and O–H groups in total. The molecule has 4 rings (SSSR count). The topological polar surface area (TPSA) is 0 Å². The van der Waals surface area contributed by atoms with Crippen molar-refractivity contribution in [2.24, 2.45) is 0 Å². The van der Waals surface area contributed by atoms with Gasteiger partial charge in [-0.1, -0.05) is 60.7 Å². The minimum Gasteiger partial charge on any atom is -0.206 e. The first kappa shape index (κ1) is 10.5. The van der Waals surface area contributed by atoms with Crippen LogP contribution < -0.4 is 0 Å². The number of benzene rings is 4. The average Bonchev–Trinajstić information content (AvgIpc) is 2.47. The molecule has 0 unspecified atom stereocenters. The summed E-state index contributed by atoms with van der Waals surface area (Å²) in [7, 11) is 0. The van der Waals surface area contributed by atoms with Crippen LogP contribution in [0.4, 0.5) is 4.39 Å². The lowest BCUT2D eigenvalue weighted by atomic mass is 9.97. The second-order valence-corrected chi connectivity index (χ2v) is 4.78. The fourth-order valence-corrected chi connectivity index (χ4v) is 2.82. The van der Waals surface area contributed by atoms with E-state index in [1.165, 1.54) is 22.2 Å². The van der Waals surface area contributed by atoms with Crippen LogP contribution in [0.2, 0.25) is 0 Å². The predicted octanol–water partition coefficient (Wildman–Crippen LogP) is 5.29. The summed E-state index contributed by atoms with van der Waals surface area (Å²) in [5.41, 5.74) is 0. The van der Waals surface area contributed by atoms with Crippen LogP contribution in [0.25, 0.3) is 32.3 Å². The summed E-state index contributed by atoms with van der Waals surface area (Å²) < 4.78 is 13.8. The summed E-state index contributed by atoms with van der Waals surface area (Å²) in [5, 5.41) is 6.37. The SMILES string of the molecule is Fc1cccc2c1ccc1c3ccccc3ccc21. The largest absolute Gasteiger partial charge is 0.206 e. The Labute approximate surface area is 110 Å². The molecule has 4 aromatic carbocycles. The molecule has 0 atom stereocenters. The fourth-order valence-electron chi connectivity index (χ4n) is 2.82. The molecule has 90 valence electrons. The molecule has 0 spiro atoms. The first-order chi connectivity index (χ1) is 9.34. The molecule has 0 nitrogen and oxygen atoms in total. The second-order valence-electron chi connectivity index (χ2n) is 4.78. The fraction of sp³-hybridized carbons (Fsp3) is 0. The van der Waals surface area contributed by atoms with Gasteiger partial charge in [-0.05, 0) is 33.0 Å². The Hall–Kier alpha value is -2.41. The van der Waals surface area contributed by atoms with Crippen LogP contribution in [0.1, 0.15) is 0 Å². The molecule has 0 bridgehead atoms. The molecule has 0 saturated heterocycles. The van der Waals surface area contributed by atoms with Crippen LogP contribution in [0.3, 0.4) is 0 Å². The molecular weight excluding hydrogens is 235 g/mol. The molecule has 0 aliphatic carbocycles. The Morgan fingerprint density at radius 2 is 1.11 bits per heavy atom. The van der Waals surface area contributed by atoms with Crippen molar-refractivity contribution in [3.05, 3.63) is 72.5 Å². The minimum absolute atomic E-state index is 0.160. The van der Waals surface area contributed by atoms with Gasteiger partial charge < -0.3 is 0 Å². The van der Waals surface area contributed by atoms with Crippen molar-refractivity contribution in [1.82, 2.24) is 0 Å². The maximum absolute atomic E-state index is 13.8. The van der Waals surface area contributed by atoms with Crippen LogP contribution in [0.15, 0.2) is 66.7 Å². The molecule has 0 radical (unpaired) electrons. The highest BCUT2D eigenvalue weighted by Crippen LogP contribution is 2.31. The van der Waals surface area contributed by atoms with E-state index >= 15 is 0 Å². The van der Waals surface area contributed by atoms with E-state index < -0.39 is 0 Å². The number of rotatable bonds is 0. The molecule has 19 heavy (non-hydrogen) atoms. The van der Waals surface area contributed by atoms with Gasteiger partial charge in [0.2, 0.25) is 0 Å². The molecule has 1 heteroatoms. The van der Waals surface area contributed by atoms with Crippen LogP contribution in [0.5, 0.6) is 0 Å². The standard InChI is InChI=1S/C18H11F/c19-18-7-3-6-14-16-9-8-12-4-1-2-5-13(12)15(16)10-11-17(14)18/h1-11H. The van der Waals surface area contributed by atoms with Crippen LogP contribution in [-0.2, 0) is 0 Å². The highest BCUT2D eigenvalue weighted by molar-refractivity contribution is 6.17. The first-order valence-electron chi connectivity index (χ1n) is 6.33. The van der Waals surface area contributed by atoms with E-state index in [4.69, 9.17) is 0 Å². The number of hydrogen-bond acceptors (Lipinski definition) is 0. The normalized spacial score (nSPS) is 11.4. The highest BCUT2D eigenvalue weighted by atomic mass is 19.1. The minimum atomic E-state index is -0.160. The van der Waals surface area contributed by atoms with E-state index in [0.717, 1.165) is 10.8 Å². The quantitative estimate of drug-likeness (QED) is 0.370. The number of hydrogen-bond donors (Lipinski definition) is 0. The Balaban J connectivity index is 2.29. The summed E-state index contributed by atoms with van der Waals surface area (Å²) >= 11 is 0. The number of halogens is 1. The third kappa shape index (κ3) is 1.45. The molecule has 0 amide bonds. The summed E-state index contributed by atoms with van der Waals surface area (Å²) in [4.78, 5) is 0. The van der Waals surface area contributed by atoms with E-state index in [2.05, 4.69) is 24.3 Å². The predicted molar refractivity (Wildman–Crippen MR) is 78.9 cm³/mol. The van der Waals surface area contributed by atoms with Gasteiger partial charge in [0.25, 0.3) is 0 Å². The lowest BCUT2D eigenvalue weighted by molar-refractivity contribution is 0.640. The zero-order chi connectivity index (χ0) is 12.8. The molecule has 0 fully saturated rings. The molecule has 0 aromatic heterocycles. The maximum atomic E-state index is 13.8. The lowest BCUT2D eigenvalue weighted by Gasteiger charge is -2.07. The van der Waals surface area contributed by atoms with Gasteiger partial charge in [0, 0.05) is 5.39 Å². The first-order valence-corrected chi connectivity index (χ1v) is 6.33. The van der Waals surface area contributed by atoms with Crippen molar-refractivity contribution in [1.29, 1.82) is 0 Å². The third-order valence-electron chi connectivity index (χ3n) is 3.73. The number of fused-ring (bicyclic) bond motifs is 5. The Kier molecular flexibility index (Phi) is 2.10. The van der Waals surface area contributed by atoms with Gasteiger partial charge in [-0.2, -0.15) is 0 Å². The van der Waals surface area contributed by atoms with Gasteiger partial charge in [-0.15, -0.1) is 0 Å². The Morgan fingerprint density at radius 3 is 2.05 bits per heavy atom. The maximum Gasteiger partial charge on any atom is 0.131 e. The van der Waals surface area contributed by atoms with Crippen molar-refractivity contribution in [2.75, 3.05) is 0 Å². The summed E-state index contributed by atoms with van der Waals surface area (Å²) in [6, 6.07) is 21.6. The molecule has 0 heterocycles. The monoisotopic (exact) mass is 246 g/mol. The highest BCUT2D eigenvalue weighted by Gasteiger charge is 2.06. The molecule has 0 aliphatic rings. The smallest absolute Gasteiger partial charge is 0.131 e. The second kappa shape index (κ2) is 3.79. The van der Waals surface area contributed by atoms with Crippen molar-refractivity contribution in [3.63, 3.8) is 0 Å². The van der Waals surface area contributed by atoms with Crippen molar-refractivity contribution in [2.45, 2.75) is 0 Å². The molecule has 0 saturated carbocycles. The van der Waals surface area contributed by atoms with E-state index in [0.29, 0.717) is 5.39 Å².